The highest BCUT2D eigenvalue weighted by Crippen LogP contribution is 2.26. The van der Waals surface area contributed by atoms with Gasteiger partial charge in [-0.05, 0) is 28.1 Å². The van der Waals surface area contributed by atoms with Gasteiger partial charge in [-0.15, -0.1) is 0 Å². The van der Waals surface area contributed by atoms with Crippen molar-refractivity contribution in [1.82, 2.24) is 9.97 Å². The molecule has 6 heteroatoms. The van der Waals surface area contributed by atoms with Crippen molar-refractivity contribution in [3.8, 4) is 23.7 Å². The van der Waals surface area contributed by atoms with Crippen LogP contribution in [0.4, 0.5) is 0 Å². The lowest BCUT2D eigenvalue weighted by Gasteiger charge is -2.07. The standard InChI is InChI=1S/C12H8BrN3O2/c1-17-11-9(13)7-15-12(16-11)18-10-5-3-2-4-8(10)6-14/h2-5,7H,1H3. The fraction of sp³-hybridized carbons (Fsp3) is 0.0833. The molecule has 0 aliphatic rings. The van der Waals surface area contributed by atoms with Gasteiger partial charge in [0.15, 0.2) is 0 Å². The lowest BCUT2D eigenvalue weighted by molar-refractivity contribution is 0.373. The van der Waals surface area contributed by atoms with E-state index in [4.69, 9.17) is 14.7 Å². The Labute approximate surface area is 112 Å². The summed E-state index contributed by atoms with van der Waals surface area (Å²) in [6.45, 7) is 0. The van der Waals surface area contributed by atoms with Gasteiger partial charge in [-0.2, -0.15) is 10.2 Å². The normalized spacial score (nSPS) is 9.61. The maximum atomic E-state index is 8.94. The van der Waals surface area contributed by atoms with Gasteiger partial charge in [0.25, 0.3) is 0 Å². The summed E-state index contributed by atoms with van der Waals surface area (Å²) in [6, 6.07) is 9.02. The van der Waals surface area contributed by atoms with Gasteiger partial charge in [-0.3, -0.25) is 0 Å². The third-order valence-corrected chi connectivity index (χ3v) is 2.64. The minimum absolute atomic E-state index is 0.123. The van der Waals surface area contributed by atoms with E-state index in [1.54, 1.807) is 24.3 Å². The molecule has 18 heavy (non-hydrogen) atoms. The molecule has 90 valence electrons. The summed E-state index contributed by atoms with van der Waals surface area (Å²) in [5.74, 6) is 0.777. The van der Waals surface area contributed by atoms with Crippen LogP contribution in [0.2, 0.25) is 0 Å². The van der Waals surface area contributed by atoms with Crippen molar-refractivity contribution in [3.05, 3.63) is 40.5 Å². The summed E-state index contributed by atoms with van der Waals surface area (Å²) in [6.07, 6.45) is 1.52. The first-order valence-corrected chi connectivity index (χ1v) is 5.77. The molecular weight excluding hydrogens is 298 g/mol. The van der Waals surface area contributed by atoms with Crippen LogP contribution in [-0.4, -0.2) is 17.1 Å². The van der Waals surface area contributed by atoms with Crippen LogP contribution in [0, 0.1) is 11.3 Å². The molecule has 0 amide bonds. The average molecular weight is 306 g/mol. The number of aromatic nitrogens is 2. The van der Waals surface area contributed by atoms with Crippen LogP contribution in [0.5, 0.6) is 17.6 Å². The van der Waals surface area contributed by atoms with Crippen molar-refractivity contribution in [2.24, 2.45) is 0 Å². The molecule has 0 saturated carbocycles. The molecule has 0 saturated heterocycles. The molecule has 0 aliphatic heterocycles. The summed E-state index contributed by atoms with van der Waals surface area (Å²) in [5.41, 5.74) is 0.419. The molecule has 1 heterocycles. The number of nitrogens with zero attached hydrogens (tertiary/aromatic N) is 3. The van der Waals surface area contributed by atoms with Gasteiger partial charge in [-0.1, -0.05) is 12.1 Å². The highest BCUT2D eigenvalue weighted by molar-refractivity contribution is 9.10. The Morgan fingerprint density at radius 2 is 2.11 bits per heavy atom. The van der Waals surface area contributed by atoms with E-state index in [0.29, 0.717) is 21.7 Å². The van der Waals surface area contributed by atoms with Crippen LogP contribution in [0.25, 0.3) is 0 Å². The van der Waals surface area contributed by atoms with Gasteiger partial charge in [0, 0.05) is 0 Å². The fourth-order valence-corrected chi connectivity index (χ4v) is 1.63. The van der Waals surface area contributed by atoms with E-state index in [0.717, 1.165) is 0 Å². The van der Waals surface area contributed by atoms with Crippen LogP contribution < -0.4 is 9.47 Å². The number of benzene rings is 1. The van der Waals surface area contributed by atoms with Gasteiger partial charge in [0.2, 0.25) is 5.88 Å². The number of halogens is 1. The Kier molecular flexibility index (Phi) is 3.75. The molecule has 0 unspecified atom stereocenters. The van der Waals surface area contributed by atoms with Crippen LogP contribution in [0.3, 0.4) is 0 Å². The summed E-state index contributed by atoms with van der Waals surface area (Å²) < 4.78 is 11.1. The minimum atomic E-state index is 0.123. The number of para-hydroxylation sites is 1. The Bertz CT molecular complexity index is 611. The monoisotopic (exact) mass is 305 g/mol. The van der Waals surface area contributed by atoms with Crippen molar-refractivity contribution in [2.75, 3.05) is 7.11 Å². The second kappa shape index (κ2) is 5.47. The molecule has 1 aromatic heterocycles. The SMILES string of the molecule is COc1nc(Oc2ccccc2C#N)ncc1Br. The minimum Gasteiger partial charge on any atom is -0.480 e. The number of rotatable bonds is 3. The van der Waals surface area contributed by atoms with E-state index < -0.39 is 0 Å². The van der Waals surface area contributed by atoms with E-state index in [1.165, 1.54) is 13.3 Å². The number of methoxy groups -OCH3 is 1. The average Bonchev–Trinajstić information content (AvgIpc) is 2.41. The number of nitriles is 1. The predicted molar refractivity (Wildman–Crippen MR) is 67.5 cm³/mol. The smallest absolute Gasteiger partial charge is 0.325 e. The van der Waals surface area contributed by atoms with Crippen molar-refractivity contribution >= 4 is 15.9 Å². The fourth-order valence-electron chi connectivity index (χ4n) is 1.27. The third kappa shape index (κ3) is 2.57. The topological polar surface area (TPSA) is 68.0 Å². The third-order valence-electron chi connectivity index (χ3n) is 2.09. The highest BCUT2D eigenvalue weighted by Gasteiger charge is 2.09. The lowest BCUT2D eigenvalue weighted by atomic mass is 10.2. The van der Waals surface area contributed by atoms with E-state index in [2.05, 4.69) is 25.9 Å². The summed E-state index contributed by atoms with van der Waals surface area (Å²) in [7, 11) is 1.50. The van der Waals surface area contributed by atoms with Crippen LogP contribution in [0.15, 0.2) is 34.9 Å². The van der Waals surface area contributed by atoms with E-state index in [-0.39, 0.29) is 6.01 Å². The van der Waals surface area contributed by atoms with E-state index in [1.807, 2.05) is 6.07 Å². The first kappa shape index (κ1) is 12.3. The van der Waals surface area contributed by atoms with Crippen molar-refractivity contribution in [3.63, 3.8) is 0 Å². The molecule has 0 bridgehead atoms. The summed E-state index contributed by atoms with van der Waals surface area (Å²) in [4.78, 5) is 8.04. The first-order valence-electron chi connectivity index (χ1n) is 4.98. The number of ether oxygens (including phenoxy) is 2. The summed E-state index contributed by atoms with van der Waals surface area (Å²) >= 11 is 3.25. The van der Waals surface area contributed by atoms with Gasteiger partial charge >= 0.3 is 6.01 Å². The zero-order valence-electron chi connectivity index (χ0n) is 9.42. The predicted octanol–water partition coefficient (Wildman–Crippen LogP) is 2.91. The van der Waals surface area contributed by atoms with Crippen LogP contribution in [-0.2, 0) is 0 Å². The first-order chi connectivity index (χ1) is 8.74. The van der Waals surface area contributed by atoms with E-state index in [9.17, 15) is 0 Å². The lowest BCUT2D eigenvalue weighted by Crippen LogP contribution is -1.96. The Morgan fingerprint density at radius 3 is 2.83 bits per heavy atom. The molecule has 2 rings (SSSR count). The number of hydrogen-bond acceptors (Lipinski definition) is 5. The highest BCUT2D eigenvalue weighted by atomic mass is 79.9. The summed E-state index contributed by atoms with van der Waals surface area (Å²) in [5, 5.41) is 8.94. The molecule has 1 aromatic carbocycles. The second-order valence-corrected chi connectivity index (χ2v) is 4.07. The molecule has 0 fully saturated rings. The zero-order valence-corrected chi connectivity index (χ0v) is 11.0. The molecule has 0 atom stereocenters. The Morgan fingerprint density at radius 1 is 1.33 bits per heavy atom. The molecule has 0 spiro atoms. The largest absolute Gasteiger partial charge is 0.480 e. The zero-order chi connectivity index (χ0) is 13.0. The molecule has 0 radical (unpaired) electrons. The van der Waals surface area contributed by atoms with Gasteiger partial charge in [0.05, 0.1) is 23.3 Å². The van der Waals surface area contributed by atoms with Crippen LogP contribution in [0.1, 0.15) is 5.56 Å². The van der Waals surface area contributed by atoms with Crippen molar-refractivity contribution in [2.45, 2.75) is 0 Å². The van der Waals surface area contributed by atoms with Gasteiger partial charge in [0.1, 0.15) is 11.8 Å². The number of hydrogen-bond donors (Lipinski definition) is 0. The van der Waals surface area contributed by atoms with Crippen molar-refractivity contribution in [1.29, 1.82) is 5.26 Å². The maximum Gasteiger partial charge on any atom is 0.325 e. The van der Waals surface area contributed by atoms with Gasteiger partial charge in [-0.25, -0.2) is 4.98 Å². The molecular formula is C12H8BrN3O2. The van der Waals surface area contributed by atoms with Gasteiger partial charge < -0.3 is 9.47 Å². The molecule has 0 aliphatic carbocycles. The second-order valence-electron chi connectivity index (χ2n) is 3.22. The quantitative estimate of drug-likeness (QED) is 0.872. The molecule has 2 aromatic rings. The van der Waals surface area contributed by atoms with Crippen molar-refractivity contribution < 1.29 is 9.47 Å². The van der Waals surface area contributed by atoms with Crippen LogP contribution >= 0.6 is 15.9 Å². The Hall–Kier alpha value is -2.13. The van der Waals surface area contributed by atoms with E-state index >= 15 is 0 Å². The molecule has 0 N–H and O–H groups in total. The molecule has 5 nitrogen and oxygen atoms in total. The Balaban J connectivity index is 2.32. The maximum absolute atomic E-state index is 8.94.